The molecule has 0 aliphatic heterocycles. The van der Waals surface area contributed by atoms with Gasteiger partial charge >= 0.3 is 5.69 Å². The molecule has 10 heteroatoms. The van der Waals surface area contributed by atoms with E-state index >= 15 is 0 Å². The third kappa shape index (κ3) is 8.67. The van der Waals surface area contributed by atoms with E-state index in [0.29, 0.717) is 17.1 Å². The van der Waals surface area contributed by atoms with Crippen LogP contribution in [0.5, 0.6) is 0 Å². The minimum absolute atomic E-state index is 0.0921. The number of nitrogens with one attached hydrogen (secondary N) is 2. The zero-order valence-electron chi connectivity index (χ0n) is 19.1. The smallest absolute Gasteiger partial charge is 0.327 e. The van der Waals surface area contributed by atoms with Crippen LogP contribution >= 0.6 is 22.6 Å². The van der Waals surface area contributed by atoms with Crippen LogP contribution in [0.3, 0.4) is 0 Å². The van der Waals surface area contributed by atoms with Crippen LogP contribution < -0.4 is 16.7 Å². The summed E-state index contributed by atoms with van der Waals surface area (Å²) < 4.78 is 7.86. The van der Waals surface area contributed by atoms with E-state index in [4.69, 9.17) is 7.10 Å². The van der Waals surface area contributed by atoms with Crippen LogP contribution in [0.2, 0.25) is 0 Å². The van der Waals surface area contributed by atoms with Gasteiger partial charge in [-0.15, -0.1) is 0 Å². The molecule has 0 saturated carbocycles. The van der Waals surface area contributed by atoms with Crippen molar-refractivity contribution in [3.63, 3.8) is 0 Å². The molecular formula is C20H33IN8O. The Labute approximate surface area is 193 Å². The van der Waals surface area contributed by atoms with Gasteiger partial charge in [0.25, 0.3) is 0 Å². The first kappa shape index (κ1) is 24.1. The lowest BCUT2D eigenvalue weighted by Crippen LogP contribution is -2.24. The van der Waals surface area contributed by atoms with Gasteiger partial charge in [-0.1, -0.05) is 22.6 Å². The number of anilines is 2. The first-order valence-corrected chi connectivity index (χ1v) is 10.9. The Kier molecular flexibility index (Phi) is 11.2. The zero-order valence-corrected chi connectivity index (χ0v) is 20.3. The molecule has 9 nitrogen and oxygen atoms in total. The minimum atomic E-state index is -0.0921. The van der Waals surface area contributed by atoms with Crippen LogP contribution in [0, 0.1) is 0 Å². The Bertz CT molecular complexity index is 944. The predicted octanol–water partition coefficient (Wildman–Crippen LogP) is 1.97. The number of nitrogens with zero attached hydrogens (tertiary/aromatic N) is 5. The number of alkyl halides is 1. The van der Waals surface area contributed by atoms with Crippen molar-refractivity contribution in [2.75, 3.05) is 63.8 Å². The van der Waals surface area contributed by atoms with Gasteiger partial charge < -0.3 is 25.8 Å². The maximum Gasteiger partial charge on any atom is 0.327 e. The topological polar surface area (TPSA) is 108 Å². The number of nitrogen functional groups attached to an aromatic ring is 1. The molecule has 0 spiro atoms. The maximum atomic E-state index is 11.6. The summed E-state index contributed by atoms with van der Waals surface area (Å²) in [4.78, 5) is 27.3. The molecule has 3 heterocycles. The first-order valence-electron chi connectivity index (χ1n) is 10.1. The van der Waals surface area contributed by atoms with Crippen molar-refractivity contribution in [2.45, 2.75) is 6.54 Å². The van der Waals surface area contributed by atoms with Crippen molar-refractivity contribution in [3.05, 3.63) is 47.1 Å². The number of hydrogen-bond donors (Lipinski definition) is 3. The average Bonchev–Trinajstić information content (AvgIpc) is 3.04. The van der Waals surface area contributed by atoms with Crippen LogP contribution in [0.4, 0.5) is 11.5 Å². The highest BCUT2D eigenvalue weighted by molar-refractivity contribution is 14.1. The van der Waals surface area contributed by atoms with Gasteiger partial charge in [0.15, 0.2) is 5.65 Å². The Morgan fingerprint density at radius 1 is 1.17 bits per heavy atom. The van der Waals surface area contributed by atoms with Crippen LogP contribution in [-0.2, 0) is 6.54 Å². The standard InChI is InChI=1S/C10H14N4O.C9H16N4.CH3I/c1-13(2)6-7-14-9-8(12-10(14)15)4-3-5-11-9;1-13(2)7-6-12-9-8(10)4-3-5-11-9;1-2/h3-5H,6-7H2,1-2H3,(H,12,15);3-5H,6-7,10H2,1-2H3,(H,11,12);1H3/i;;1D. The minimum Gasteiger partial charge on any atom is -0.396 e. The fourth-order valence-electron chi connectivity index (χ4n) is 2.46. The molecule has 0 aromatic carbocycles. The molecule has 0 bridgehead atoms. The Hall–Kier alpha value is -2.18. The Morgan fingerprint density at radius 3 is 2.43 bits per heavy atom. The van der Waals surface area contributed by atoms with E-state index in [-0.39, 0.29) is 5.69 Å². The molecule has 0 unspecified atom stereocenters. The van der Waals surface area contributed by atoms with Crippen LogP contribution in [0.1, 0.15) is 1.37 Å². The number of aromatic nitrogens is 4. The van der Waals surface area contributed by atoms with Gasteiger partial charge in [-0.3, -0.25) is 4.57 Å². The van der Waals surface area contributed by atoms with Crippen LogP contribution in [-0.4, -0.2) is 82.1 Å². The van der Waals surface area contributed by atoms with Crippen LogP contribution in [0.25, 0.3) is 11.2 Å². The molecule has 0 atom stereocenters. The monoisotopic (exact) mass is 529 g/mol. The summed E-state index contributed by atoms with van der Waals surface area (Å²) >= 11 is 1.96. The van der Waals surface area contributed by atoms with E-state index in [1.807, 2.05) is 79.9 Å². The van der Waals surface area contributed by atoms with E-state index in [1.54, 1.807) is 17.0 Å². The number of hydrogen-bond acceptors (Lipinski definition) is 7. The zero-order chi connectivity index (χ0) is 23.2. The molecule has 4 N–H and O–H groups in total. The van der Waals surface area contributed by atoms with Gasteiger partial charge in [0, 0.05) is 39.9 Å². The van der Waals surface area contributed by atoms with Crippen LogP contribution in [0.15, 0.2) is 41.5 Å². The number of aromatic amines is 1. The third-order valence-corrected chi connectivity index (χ3v) is 3.99. The normalized spacial score (nSPS) is 10.8. The third-order valence-electron chi connectivity index (χ3n) is 3.99. The lowest BCUT2D eigenvalue weighted by Gasteiger charge is -2.11. The lowest BCUT2D eigenvalue weighted by molar-refractivity contribution is 0.383. The van der Waals surface area contributed by atoms with E-state index in [0.717, 1.165) is 36.6 Å². The average molecular weight is 529 g/mol. The van der Waals surface area contributed by atoms with Crippen molar-refractivity contribution in [2.24, 2.45) is 0 Å². The lowest BCUT2D eigenvalue weighted by atomic mass is 10.4. The summed E-state index contributed by atoms with van der Waals surface area (Å²) in [5.74, 6) is 0.768. The first-order chi connectivity index (χ1) is 14.8. The van der Waals surface area contributed by atoms with Gasteiger partial charge in [0.1, 0.15) is 5.82 Å². The van der Waals surface area contributed by atoms with Crippen molar-refractivity contribution < 1.29 is 1.37 Å². The van der Waals surface area contributed by atoms with Gasteiger partial charge in [-0.2, -0.15) is 0 Å². The van der Waals surface area contributed by atoms with Gasteiger partial charge in [0.2, 0.25) is 0 Å². The molecule has 0 aliphatic carbocycles. The molecule has 0 aliphatic rings. The van der Waals surface area contributed by atoms with Crippen molar-refractivity contribution >= 4 is 45.3 Å². The van der Waals surface area contributed by atoms with E-state index < -0.39 is 0 Å². The fourth-order valence-corrected chi connectivity index (χ4v) is 2.46. The van der Waals surface area contributed by atoms with Gasteiger partial charge in [-0.05, 0) is 57.4 Å². The van der Waals surface area contributed by atoms with Crippen molar-refractivity contribution in [3.8, 4) is 0 Å². The maximum absolute atomic E-state index is 11.6. The summed E-state index contributed by atoms with van der Waals surface area (Å²) in [7, 11) is 8.02. The summed E-state index contributed by atoms with van der Waals surface area (Å²) in [6.07, 6.45) is 3.43. The van der Waals surface area contributed by atoms with E-state index in [1.165, 1.54) is 0 Å². The van der Waals surface area contributed by atoms with E-state index in [9.17, 15) is 4.79 Å². The Morgan fingerprint density at radius 2 is 1.80 bits per heavy atom. The molecule has 0 radical (unpaired) electrons. The number of likely N-dealkylation sites (N-methyl/N-ethyl adjacent to an activating group) is 2. The van der Waals surface area contributed by atoms with Crippen molar-refractivity contribution in [1.29, 1.82) is 0 Å². The molecule has 0 amide bonds. The summed E-state index contributed by atoms with van der Waals surface area (Å²) in [6, 6.07) is 7.34. The number of nitrogens with two attached hydrogens (primary N) is 1. The number of rotatable bonds is 7. The highest BCUT2D eigenvalue weighted by Crippen LogP contribution is 2.11. The number of H-pyrrole nitrogens is 1. The largest absolute Gasteiger partial charge is 0.396 e. The molecule has 166 valence electrons. The SMILES string of the molecule is CN(C)CCNc1ncccc1N.CN(C)CCn1c(=O)[nH]c2cccnc21.[2H]CI. The molecule has 3 aromatic rings. The number of pyridine rings is 2. The fraction of sp³-hybridized carbons (Fsp3) is 0.450. The second-order valence-corrected chi connectivity index (χ2v) is 6.93. The quantitative estimate of drug-likeness (QED) is 0.317. The predicted molar refractivity (Wildman–Crippen MR) is 135 cm³/mol. The highest BCUT2D eigenvalue weighted by Gasteiger charge is 2.06. The molecule has 30 heavy (non-hydrogen) atoms. The second kappa shape index (κ2) is 13.9. The highest BCUT2D eigenvalue weighted by atomic mass is 127. The Balaban J connectivity index is 0.000000278. The van der Waals surface area contributed by atoms with Crippen molar-refractivity contribution in [1.82, 2.24) is 29.3 Å². The molecule has 3 aromatic heterocycles. The number of imidazole rings is 1. The summed E-state index contributed by atoms with van der Waals surface area (Å²) in [6.45, 7) is 3.30. The van der Waals surface area contributed by atoms with Gasteiger partial charge in [-0.25, -0.2) is 14.8 Å². The van der Waals surface area contributed by atoms with E-state index in [2.05, 4.69) is 25.2 Å². The molecule has 0 saturated heterocycles. The van der Waals surface area contributed by atoms with Gasteiger partial charge in [0.05, 0.1) is 11.2 Å². The summed E-state index contributed by atoms with van der Waals surface area (Å²) in [5, 5.41) is 3.17. The molecular weight excluding hydrogens is 495 g/mol. The number of fused-ring (bicyclic) bond motifs is 1. The number of halogens is 1. The second-order valence-electron chi connectivity index (χ2n) is 6.93. The summed E-state index contributed by atoms with van der Waals surface area (Å²) in [5.41, 5.74) is 7.82. The molecule has 3 rings (SSSR count). The molecule has 0 fully saturated rings.